The number of aromatic carboxylic acids is 1. The molecule has 4 rings (SSSR count). The molecule has 0 atom stereocenters. The molecule has 2 N–H and O–H groups in total. The fourth-order valence-electron chi connectivity index (χ4n) is 3.25. The maximum Gasteiger partial charge on any atom is 0.335 e. The molecule has 1 heterocycles. The van der Waals surface area contributed by atoms with Gasteiger partial charge in [0.15, 0.2) is 0 Å². The molecule has 0 spiro atoms. The van der Waals surface area contributed by atoms with Crippen LogP contribution < -0.4 is 5.32 Å². The number of carbonyl (C=O) groups is 1. The molecule has 0 fully saturated rings. The second kappa shape index (κ2) is 7.92. The number of nitrogens with zero attached hydrogens (tertiary/aromatic N) is 1. The summed E-state index contributed by atoms with van der Waals surface area (Å²) in [6.07, 6.45) is 0.891. The molecule has 3 aromatic carbocycles. The molecule has 0 saturated heterocycles. The molecular weight excluding hydrogens is 348 g/mol. The second-order valence-electron chi connectivity index (χ2n) is 6.63. The van der Waals surface area contributed by atoms with Gasteiger partial charge in [-0.3, -0.25) is 0 Å². The van der Waals surface area contributed by atoms with E-state index < -0.39 is 5.97 Å². The molecular formula is C24H20N2O2. The van der Waals surface area contributed by atoms with Crippen molar-refractivity contribution in [3.8, 4) is 11.3 Å². The minimum atomic E-state index is -0.937. The van der Waals surface area contributed by atoms with E-state index >= 15 is 0 Å². The van der Waals surface area contributed by atoms with E-state index in [0.717, 1.165) is 40.8 Å². The van der Waals surface area contributed by atoms with Gasteiger partial charge in [0, 0.05) is 17.5 Å². The third-order valence-electron chi connectivity index (χ3n) is 4.68. The van der Waals surface area contributed by atoms with E-state index in [1.54, 1.807) is 18.2 Å². The van der Waals surface area contributed by atoms with Crippen LogP contribution in [0.3, 0.4) is 0 Å². The van der Waals surface area contributed by atoms with Crippen molar-refractivity contribution in [2.45, 2.75) is 6.42 Å². The summed E-state index contributed by atoms with van der Waals surface area (Å²) < 4.78 is 0. The monoisotopic (exact) mass is 368 g/mol. The van der Waals surface area contributed by atoms with E-state index in [1.165, 1.54) is 5.56 Å². The van der Waals surface area contributed by atoms with Gasteiger partial charge >= 0.3 is 5.97 Å². The third-order valence-corrected chi connectivity index (χ3v) is 4.68. The smallest absolute Gasteiger partial charge is 0.335 e. The van der Waals surface area contributed by atoms with Crippen molar-refractivity contribution in [3.63, 3.8) is 0 Å². The zero-order chi connectivity index (χ0) is 19.3. The number of nitrogens with one attached hydrogen (secondary N) is 1. The summed E-state index contributed by atoms with van der Waals surface area (Å²) in [5.41, 5.74) is 5.09. The van der Waals surface area contributed by atoms with Gasteiger partial charge in [0.2, 0.25) is 0 Å². The summed E-state index contributed by atoms with van der Waals surface area (Å²) in [4.78, 5) is 16.1. The summed E-state index contributed by atoms with van der Waals surface area (Å²) in [7, 11) is 0. The SMILES string of the molecule is O=C(O)c1ccc2nc(-c3ccccc3)c(NCCc3ccccc3)cc2c1. The Labute approximate surface area is 163 Å². The quantitative estimate of drug-likeness (QED) is 0.488. The van der Waals surface area contributed by atoms with E-state index in [1.807, 2.05) is 54.6 Å². The number of carboxylic acid groups (broad SMARTS) is 1. The molecule has 0 aliphatic heterocycles. The van der Waals surface area contributed by atoms with Crippen molar-refractivity contribution in [1.29, 1.82) is 0 Å². The first-order valence-electron chi connectivity index (χ1n) is 9.22. The zero-order valence-electron chi connectivity index (χ0n) is 15.3. The predicted molar refractivity (Wildman–Crippen MR) is 113 cm³/mol. The van der Waals surface area contributed by atoms with Gasteiger partial charge in [-0.25, -0.2) is 9.78 Å². The first-order valence-corrected chi connectivity index (χ1v) is 9.22. The highest BCUT2D eigenvalue weighted by atomic mass is 16.4. The number of carboxylic acids is 1. The summed E-state index contributed by atoms with van der Waals surface area (Å²) in [6.45, 7) is 0.760. The molecule has 0 radical (unpaired) electrons. The molecule has 4 nitrogen and oxygen atoms in total. The number of aromatic nitrogens is 1. The van der Waals surface area contributed by atoms with E-state index in [-0.39, 0.29) is 5.56 Å². The number of hydrogen-bond acceptors (Lipinski definition) is 3. The summed E-state index contributed by atoms with van der Waals surface area (Å²) in [6, 6.07) is 27.3. The van der Waals surface area contributed by atoms with Gasteiger partial charge in [0.1, 0.15) is 0 Å². The first-order chi connectivity index (χ1) is 13.7. The molecule has 0 saturated carbocycles. The minimum Gasteiger partial charge on any atom is -0.478 e. The van der Waals surface area contributed by atoms with Crippen LogP contribution >= 0.6 is 0 Å². The maximum absolute atomic E-state index is 11.3. The topological polar surface area (TPSA) is 62.2 Å². The van der Waals surface area contributed by atoms with E-state index in [2.05, 4.69) is 17.4 Å². The van der Waals surface area contributed by atoms with Gasteiger partial charge < -0.3 is 10.4 Å². The van der Waals surface area contributed by atoms with Gasteiger partial charge in [0.05, 0.1) is 22.5 Å². The maximum atomic E-state index is 11.3. The van der Waals surface area contributed by atoms with E-state index in [0.29, 0.717) is 0 Å². The fourth-order valence-corrected chi connectivity index (χ4v) is 3.25. The highest BCUT2D eigenvalue weighted by Gasteiger charge is 2.11. The molecule has 0 amide bonds. The number of benzene rings is 3. The fraction of sp³-hybridized carbons (Fsp3) is 0.0833. The van der Waals surface area contributed by atoms with Gasteiger partial charge in [-0.05, 0) is 36.2 Å². The molecule has 0 unspecified atom stereocenters. The van der Waals surface area contributed by atoms with Crippen molar-refractivity contribution in [1.82, 2.24) is 4.98 Å². The molecule has 0 aliphatic carbocycles. The average molecular weight is 368 g/mol. The lowest BCUT2D eigenvalue weighted by molar-refractivity contribution is 0.0697. The Kier molecular flexibility index (Phi) is 5.02. The van der Waals surface area contributed by atoms with Crippen LogP contribution in [0, 0.1) is 0 Å². The molecule has 0 bridgehead atoms. The molecule has 28 heavy (non-hydrogen) atoms. The molecule has 0 aliphatic rings. The van der Waals surface area contributed by atoms with Gasteiger partial charge in [0.25, 0.3) is 0 Å². The lowest BCUT2D eigenvalue weighted by Crippen LogP contribution is -2.07. The standard InChI is InChI=1S/C24H20N2O2/c27-24(28)19-11-12-21-20(15-19)16-22(23(26-21)18-9-5-2-6-10-18)25-14-13-17-7-3-1-4-8-17/h1-12,15-16,25H,13-14H2,(H,27,28). The van der Waals surface area contributed by atoms with Crippen LogP contribution in [-0.4, -0.2) is 22.6 Å². The van der Waals surface area contributed by atoms with E-state index in [4.69, 9.17) is 4.98 Å². The van der Waals surface area contributed by atoms with E-state index in [9.17, 15) is 9.90 Å². The molecule has 1 aromatic heterocycles. The predicted octanol–water partition coefficient (Wildman–Crippen LogP) is 5.25. The van der Waals surface area contributed by atoms with Crippen LogP contribution in [0.25, 0.3) is 22.2 Å². The van der Waals surface area contributed by atoms with Crippen molar-refractivity contribution in [2.75, 3.05) is 11.9 Å². The Bertz CT molecular complexity index is 1110. The number of anilines is 1. The second-order valence-corrected chi connectivity index (χ2v) is 6.63. The summed E-state index contributed by atoms with van der Waals surface area (Å²) in [5.74, 6) is -0.937. The van der Waals surface area contributed by atoms with Gasteiger partial charge in [-0.15, -0.1) is 0 Å². The average Bonchev–Trinajstić information content (AvgIpc) is 2.74. The van der Waals surface area contributed by atoms with Crippen molar-refractivity contribution >= 4 is 22.6 Å². The first kappa shape index (κ1) is 17.7. The van der Waals surface area contributed by atoms with Crippen molar-refractivity contribution in [2.24, 2.45) is 0 Å². The Morgan fingerprint density at radius 3 is 2.32 bits per heavy atom. The van der Waals surface area contributed by atoms with Gasteiger partial charge in [-0.1, -0.05) is 60.7 Å². The molecule has 138 valence electrons. The highest BCUT2D eigenvalue weighted by Crippen LogP contribution is 2.30. The number of fused-ring (bicyclic) bond motifs is 1. The lowest BCUT2D eigenvalue weighted by atomic mass is 10.1. The molecule has 4 heteroatoms. The summed E-state index contributed by atoms with van der Waals surface area (Å²) >= 11 is 0. The highest BCUT2D eigenvalue weighted by molar-refractivity contribution is 5.95. The third kappa shape index (κ3) is 3.86. The Morgan fingerprint density at radius 1 is 0.893 bits per heavy atom. The number of hydrogen-bond donors (Lipinski definition) is 2. The Balaban J connectivity index is 1.71. The van der Waals surface area contributed by atoms with Crippen molar-refractivity contribution < 1.29 is 9.90 Å². The lowest BCUT2D eigenvalue weighted by Gasteiger charge is -2.14. The zero-order valence-corrected chi connectivity index (χ0v) is 15.3. The minimum absolute atomic E-state index is 0.261. The van der Waals surface area contributed by atoms with Crippen LogP contribution in [0.15, 0.2) is 84.9 Å². The van der Waals surface area contributed by atoms with Gasteiger partial charge in [-0.2, -0.15) is 0 Å². The Hall–Kier alpha value is -3.66. The number of pyridine rings is 1. The van der Waals surface area contributed by atoms with Crippen LogP contribution in [-0.2, 0) is 6.42 Å². The normalized spacial score (nSPS) is 10.7. The Morgan fingerprint density at radius 2 is 1.61 bits per heavy atom. The molecule has 4 aromatic rings. The summed E-state index contributed by atoms with van der Waals surface area (Å²) in [5, 5.41) is 13.6. The van der Waals surface area contributed by atoms with Crippen LogP contribution in [0.2, 0.25) is 0 Å². The van der Waals surface area contributed by atoms with Crippen LogP contribution in [0.5, 0.6) is 0 Å². The number of rotatable bonds is 6. The van der Waals surface area contributed by atoms with Crippen molar-refractivity contribution in [3.05, 3.63) is 96.1 Å². The largest absolute Gasteiger partial charge is 0.478 e. The van der Waals surface area contributed by atoms with Crippen LogP contribution in [0.4, 0.5) is 5.69 Å². The van der Waals surface area contributed by atoms with Crippen LogP contribution in [0.1, 0.15) is 15.9 Å².